The Morgan fingerprint density at radius 1 is 1.31 bits per heavy atom. The quantitative estimate of drug-likeness (QED) is 0.551. The van der Waals surface area contributed by atoms with Crippen molar-refractivity contribution in [2.45, 2.75) is 37.1 Å². The van der Waals surface area contributed by atoms with Crippen LogP contribution in [0.15, 0.2) is 43.0 Å². The van der Waals surface area contributed by atoms with E-state index in [1.165, 1.54) is 29.2 Å². The molecule has 1 atom stereocenters. The number of hydrogen-bond acceptors (Lipinski definition) is 5. The molecule has 3 aromatic heterocycles. The molecule has 4 heterocycles. The zero-order valence-corrected chi connectivity index (χ0v) is 17.8. The van der Waals surface area contributed by atoms with Crippen LogP contribution in [-0.2, 0) is 22.1 Å². The van der Waals surface area contributed by atoms with Crippen LogP contribution in [0.1, 0.15) is 36.8 Å². The van der Waals surface area contributed by atoms with Crippen molar-refractivity contribution in [3.8, 4) is 5.82 Å². The van der Waals surface area contributed by atoms with Gasteiger partial charge in [-0.25, -0.2) is 19.3 Å². The van der Waals surface area contributed by atoms with Gasteiger partial charge in [-0.05, 0) is 37.7 Å². The number of carbonyl (C=O) groups is 1. The second kappa shape index (κ2) is 8.53. The lowest BCUT2D eigenvalue weighted by molar-refractivity contribution is -0.141. The molecule has 0 saturated carbocycles. The lowest BCUT2D eigenvalue weighted by Crippen LogP contribution is -2.17. The van der Waals surface area contributed by atoms with E-state index in [-0.39, 0.29) is 21.9 Å². The maximum Gasteiger partial charge on any atom is 0.433 e. The molecule has 1 saturated heterocycles. The number of rotatable bonds is 5. The fraction of sp³-hybridized carbons (Fsp3) is 0.333. The summed E-state index contributed by atoms with van der Waals surface area (Å²) in [5, 5.41) is 2.43. The molecule has 0 bridgehead atoms. The van der Waals surface area contributed by atoms with Crippen LogP contribution in [0.5, 0.6) is 0 Å². The van der Waals surface area contributed by atoms with Gasteiger partial charge in [0.25, 0.3) is 0 Å². The third kappa shape index (κ3) is 4.77. The number of nitrogens with zero attached hydrogens (tertiary/aromatic N) is 4. The molecule has 1 aliphatic heterocycles. The van der Waals surface area contributed by atoms with Gasteiger partial charge in [0.05, 0.1) is 34.4 Å². The molecule has 0 spiro atoms. The van der Waals surface area contributed by atoms with Crippen LogP contribution < -0.4 is 5.32 Å². The number of pyridine rings is 2. The molecule has 1 fully saturated rings. The normalized spacial score (nSPS) is 18.7. The maximum atomic E-state index is 14.7. The predicted molar refractivity (Wildman–Crippen MR) is 112 cm³/mol. The van der Waals surface area contributed by atoms with E-state index in [0.29, 0.717) is 0 Å². The Kier molecular flexibility index (Phi) is 5.93. The topological polar surface area (TPSA) is 72.7 Å². The number of carbonyl (C=O) groups excluding carboxylic acids is 1. The van der Waals surface area contributed by atoms with Crippen molar-refractivity contribution in [3.05, 3.63) is 65.9 Å². The molecular weight excluding hydrogens is 446 g/mol. The molecule has 0 aliphatic carbocycles. The summed E-state index contributed by atoms with van der Waals surface area (Å²) in [7, 11) is 0. The van der Waals surface area contributed by atoms with Gasteiger partial charge >= 0.3 is 6.18 Å². The van der Waals surface area contributed by atoms with Crippen molar-refractivity contribution >= 4 is 23.4 Å². The maximum absolute atomic E-state index is 14.7. The molecule has 4 rings (SSSR count). The fourth-order valence-corrected chi connectivity index (χ4v) is 4.77. The Morgan fingerprint density at radius 3 is 2.81 bits per heavy atom. The van der Waals surface area contributed by atoms with Crippen molar-refractivity contribution < 1.29 is 22.4 Å². The summed E-state index contributed by atoms with van der Waals surface area (Å²) in [6, 6.07) is 4.42. The van der Waals surface area contributed by atoms with Gasteiger partial charge in [0.15, 0.2) is 11.6 Å². The number of amides is 1. The minimum Gasteiger partial charge on any atom is -0.324 e. The third-order valence-corrected chi connectivity index (χ3v) is 6.68. The van der Waals surface area contributed by atoms with E-state index in [1.807, 2.05) is 11.8 Å². The standard InChI is InChI=1S/C21H19F4N5OS/c1-20(6-3-7-32-20)17-11-30(12-27-17)19-15(22)8-14(10-26-19)29-18(31)9-13-4-2-5-16(28-13)21(23,24)25/h2,4-5,8,10-12H,3,6-7,9H2,1H3,(H,29,31). The molecule has 1 aliphatic rings. The zero-order valence-electron chi connectivity index (χ0n) is 17.0. The Labute approximate surface area is 185 Å². The second-order valence-corrected chi connectivity index (χ2v) is 9.21. The van der Waals surface area contributed by atoms with Gasteiger partial charge in [-0.2, -0.15) is 13.2 Å². The van der Waals surface area contributed by atoms with Crippen molar-refractivity contribution in [1.29, 1.82) is 0 Å². The molecule has 3 aromatic rings. The van der Waals surface area contributed by atoms with Crippen molar-refractivity contribution in [2.24, 2.45) is 0 Å². The highest BCUT2D eigenvalue weighted by Gasteiger charge is 2.34. The third-order valence-electron chi connectivity index (χ3n) is 5.13. The summed E-state index contributed by atoms with van der Waals surface area (Å²) in [5.41, 5.74) is -0.190. The summed E-state index contributed by atoms with van der Waals surface area (Å²) in [4.78, 5) is 24.1. The van der Waals surface area contributed by atoms with E-state index in [4.69, 9.17) is 0 Å². The van der Waals surface area contributed by atoms with Gasteiger partial charge in [0.2, 0.25) is 5.91 Å². The molecular formula is C21H19F4N5OS. The van der Waals surface area contributed by atoms with E-state index in [9.17, 15) is 22.4 Å². The molecule has 6 nitrogen and oxygen atoms in total. The summed E-state index contributed by atoms with van der Waals surface area (Å²) >= 11 is 1.82. The van der Waals surface area contributed by atoms with E-state index in [0.717, 1.165) is 36.4 Å². The molecule has 1 amide bonds. The van der Waals surface area contributed by atoms with E-state index in [1.54, 1.807) is 6.20 Å². The number of nitrogens with one attached hydrogen (secondary N) is 1. The fourth-order valence-electron chi connectivity index (χ4n) is 3.49. The largest absolute Gasteiger partial charge is 0.433 e. The van der Waals surface area contributed by atoms with Crippen LogP contribution in [0.25, 0.3) is 5.82 Å². The highest BCUT2D eigenvalue weighted by Crippen LogP contribution is 2.45. The van der Waals surface area contributed by atoms with Crippen LogP contribution in [0.3, 0.4) is 0 Å². The number of hydrogen-bond donors (Lipinski definition) is 1. The van der Waals surface area contributed by atoms with Crippen molar-refractivity contribution in [3.63, 3.8) is 0 Å². The minimum absolute atomic E-state index is 0.0351. The Balaban J connectivity index is 1.45. The summed E-state index contributed by atoms with van der Waals surface area (Å²) < 4.78 is 54.4. The molecule has 1 unspecified atom stereocenters. The van der Waals surface area contributed by atoms with Gasteiger partial charge in [0, 0.05) is 12.3 Å². The molecule has 11 heteroatoms. The first-order chi connectivity index (χ1) is 15.1. The van der Waals surface area contributed by atoms with Gasteiger partial charge in [-0.1, -0.05) is 6.07 Å². The highest BCUT2D eigenvalue weighted by atomic mass is 32.2. The first kappa shape index (κ1) is 22.3. The molecule has 32 heavy (non-hydrogen) atoms. The number of aromatic nitrogens is 4. The van der Waals surface area contributed by atoms with Crippen LogP contribution in [0.2, 0.25) is 0 Å². The first-order valence-electron chi connectivity index (χ1n) is 9.81. The number of alkyl halides is 3. The number of imidazole rings is 1. The average molecular weight is 465 g/mol. The van der Waals surface area contributed by atoms with Gasteiger partial charge in [0.1, 0.15) is 12.0 Å². The van der Waals surface area contributed by atoms with Crippen LogP contribution in [-0.4, -0.2) is 31.2 Å². The minimum atomic E-state index is -4.60. The molecule has 1 N–H and O–H groups in total. The number of halogens is 4. The van der Waals surface area contributed by atoms with E-state index < -0.39 is 30.0 Å². The zero-order chi connectivity index (χ0) is 22.9. The van der Waals surface area contributed by atoms with E-state index >= 15 is 0 Å². The predicted octanol–water partition coefficient (Wildman–Crippen LogP) is 4.74. The van der Waals surface area contributed by atoms with Crippen molar-refractivity contribution in [1.82, 2.24) is 19.5 Å². The smallest absolute Gasteiger partial charge is 0.324 e. The summed E-state index contributed by atoms with van der Waals surface area (Å²) in [6.45, 7) is 2.11. The number of thioether (sulfide) groups is 1. The Morgan fingerprint density at radius 2 is 2.12 bits per heavy atom. The molecule has 0 aromatic carbocycles. The van der Waals surface area contributed by atoms with Crippen LogP contribution >= 0.6 is 11.8 Å². The Hall–Kier alpha value is -2.95. The lowest BCUT2D eigenvalue weighted by Gasteiger charge is -2.19. The van der Waals surface area contributed by atoms with Gasteiger partial charge in [-0.15, -0.1) is 11.8 Å². The molecule has 168 valence electrons. The summed E-state index contributed by atoms with van der Waals surface area (Å²) in [6.07, 6.45) is 1.64. The SMILES string of the molecule is CC1(c2cn(-c3ncc(NC(=O)Cc4cccc(C(F)(F)F)n4)cc3F)cn2)CCCS1. The summed E-state index contributed by atoms with van der Waals surface area (Å²) in [5.74, 6) is -0.219. The number of anilines is 1. The average Bonchev–Trinajstić information content (AvgIpc) is 3.38. The van der Waals surface area contributed by atoms with Crippen molar-refractivity contribution in [2.75, 3.05) is 11.1 Å². The Bertz CT molecular complexity index is 1140. The highest BCUT2D eigenvalue weighted by molar-refractivity contribution is 8.00. The van der Waals surface area contributed by atoms with Gasteiger partial charge in [-0.3, -0.25) is 9.36 Å². The molecule has 0 radical (unpaired) electrons. The van der Waals surface area contributed by atoms with E-state index in [2.05, 4.69) is 27.2 Å². The monoisotopic (exact) mass is 465 g/mol. The second-order valence-electron chi connectivity index (χ2n) is 7.62. The lowest BCUT2D eigenvalue weighted by atomic mass is 10.0. The van der Waals surface area contributed by atoms with Crippen LogP contribution in [0, 0.1) is 5.82 Å². The van der Waals surface area contributed by atoms with Gasteiger partial charge < -0.3 is 5.32 Å². The van der Waals surface area contributed by atoms with Crippen LogP contribution in [0.4, 0.5) is 23.2 Å². The first-order valence-corrected chi connectivity index (χ1v) is 10.8.